The second-order valence-corrected chi connectivity index (χ2v) is 6.48. The van der Waals surface area contributed by atoms with Crippen LogP contribution in [-0.4, -0.2) is 49.2 Å². The van der Waals surface area contributed by atoms with Crippen LogP contribution in [0.15, 0.2) is 46.8 Å². The van der Waals surface area contributed by atoms with Crippen molar-refractivity contribution in [3.63, 3.8) is 0 Å². The van der Waals surface area contributed by atoms with Gasteiger partial charge < -0.3 is 20.2 Å². The molecule has 0 amide bonds. The first kappa shape index (κ1) is 15.7. The number of nitrogens with zero attached hydrogens (tertiary/aromatic N) is 3. The number of guanidine groups is 1. The standard InChI is InChI=1S/C17H22N4OS/c1-18-17(19-13-14-5-4-12-23-14)21-10-8-20(9-11-21)15-6-2-3-7-16(15)22/h2-7,12,22H,8-11,13H2,1H3,(H,18,19). The van der Waals surface area contributed by atoms with Crippen molar-refractivity contribution in [3.8, 4) is 5.75 Å². The highest BCUT2D eigenvalue weighted by molar-refractivity contribution is 7.09. The summed E-state index contributed by atoms with van der Waals surface area (Å²) in [6.07, 6.45) is 0. The van der Waals surface area contributed by atoms with E-state index >= 15 is 0 Å². The quantitative estimate of drug-likeness (QED) is 0.670. The fraction of sp³-hybridized carbons (Fsp3) is 0.353. The average Bonchev–Trinajstić information content (AvgIpc) is 3.10. The molecule has 0 atom stereocenters. The number of hydrogen-bond donors (Lipinski definition) is 2. The van der Waals surface area contributed by atoms with E-state index in [2.05, 4.69) is 37.6 Å². The first-order valence-electron chi connectivity index (χ1n) is 7.79. The molecule has 0 radical (unpaired) electrons. The number of phenolic OH excluding ortho intramolecular Hbond substituents is 1. The van der Waals surface area contributed by atoms with E-state index in [1.54, 1.807) is 17.4 Å². The Hall–Kier alpha value is -2.21. The summed E-state index contributed by atoms with van der Waals surface area (Å²) in [5.74, 6) is 1.29. The van der Waals surface area contributed by atoms with Gasteiger partial charge in [-0.25, -0.2) is 0 Å². The van der Waals surface area contributed by atoms with E-state index in [1.807, 2.05) is 25.2 Å². The zero-order chi connectivity index (χ0) is 16.1. The monoisotopic (exact) mass is 330 g/mol. The van der Waals surface area contributed by atoms with Crippen LogP contribution in [0.2, 0.25) is 0 Å². The van der Waals surface area contributed by atoms with Gasteiger partial charge in [0.2, 0.25) is 0 Å². The summed E-state index contributed by atoms with van der Waals surface area (Å²) in [5.41, 5.74) is 0.911. The minimum atomic E-state index is 0.348. The van der Waals surface area contributed by atoms with Crippen molar-refractivity contribution in [2.75, 3.05) is 38.1 Å². The van der Waals surface area contributed by atoms with Crippen molar-refractivity contribution in [1.82, 2.24) is 10.2 Å². The van der Waals surface area contributed by atoms with Gasteiger partial charge in [0.05, 0.1) is 12.2 Å². The molecular formula is C17H22N4OS. The van der Waals surface area contributed by atoms with Crippen LogP contribution in [-0.2, 0) is 6.54 Å². The number of rotatable bonds is 3. The second kappa shape index (κ2) is 7.37. The molecule has 122 valence electrons. The van der Waals surface area contributed by atoms with Crippen LogP contribution in [0, 0.1) is 0 Å². The summed E-state index contributed by atoms with van der Waals surface area (Å²) >= 11 is 1.75. The molecule has 1 aliphatic heterocycles. The highest BCUT2D eigenvalue weighted by atomic mass is 32.1. The lowest BCUT2D eigenvalue weighted by Crippen LogP contribution is -2.52. The number of anilines is 1. The third-order valence-corrected chi connectivity index (χ3v) is 4.89. The lowest BCUT2D eigenvalue weighted by molar-refractivity contribution is 0.370. The highest BCUT2D eigenvalue weighted by Crippen LogP contribution is 2.27. The maximum absolute atomic E-state index is 9.98. The molecule has 1 aliphatic rings. The van der Waals surface area contributed by atoms with Crippen LogP contribution in [0.1, 0.15) is 4.88 Å². The molecule has 0 unspecified atom stereocenters. The molecule has 2 heterocycles. The number of nitrogens with one attached hydrogen (secondary N) is 1. The van der Waals surface area contributed by atoms with E-state index in [9.17, 15) is 5.11 Å². The molecular weight excluding hydrogens is 308 g/mol. The Labute approximate surface area is 140 Å². The van der Waals surface area contributed by atoms with Crippen LogP contribution in [0.4, 0.5) is 5.69 Å². The topological polar surface area (TPSA) is 51.1 Å². The highest BCUT2D eigenvalue weighted by Gasteiger charge is 2.21. The average molecular weight is 330 g/mol. The Morgan fingerprint density at radius 2 is 1.96 bits per heavy atom. The Morgan fingerprint density at radius 1 is 1.17 bits per heavy atom. The largest absolute Gasteiger partial charge is 0.506 e. The molecule has 1 fully saturated rings. The van der Waals surface area contributed by atoms with Gasteiger partial charge >= 0.3 is 0 Å². The van der Waals surface area contributed by atoms with Crippen molar-refractivity contribution in [2.24, 2.45) is 4.99 Å². The maximum Gasteiger partial charge on any atom is 0.194 e. The summed E-state index contributed by atoms with van der Waals surface area (Å²) in [6, 6.07) is 11.7. The predicted molar refractivity (Wildman–Crippen MR) is 96.4 cm³/mol. The number of phenols is 1. The lowest BCUT2D eigenvalue weighted by atomic mass is 10.2. The minimum Gasteiger partial charge on any atom is -0.506 e. The van der Waals surface area contributed by atoms with Gasteiger partial charge in [-0.15, -0.1) is 11.3 Å². The number of piperazine rings is 1. The van der Waals surface area contributed by atoms with Crippen molar-refractivity contribution in [2.45, 2.75) is 6.54 Å². The lowest BCUT2D eigenvalue weighted by Gasteiger charge is -2.37. The fourth-order valence-corrected chi connectivity index (χ4v) is 3.45. The molecule has 1 saturated heterocycles. The van der Waals surface area contributed by atoms with Gasteiger partial charge in [-0.3, -0.25) is 4.99 Å². The Kier molecular flexibility index (Phi) is 5.02. The molecule has 23 heavy (non-hydrogen) atoms. The van der Waals surface area contributed by atoms with Crippen molar-refractivity contribution >= 4 is 23.0 Å². The molecule has 0 saturated carbocycles. The number of thiophene rings is 1. The molecule has 0 spiro atoms. The first-order chi connectivity index (χ1) is 11.3. The summed E-state index contributed by atoms with van der Waals surface area (Å²) < 4.78 is 0. The predicted octanol–water partition coefficient (Wildman–Crippen LogP) is 2.35. The summed E-state index contributed by atoms with van der Waals surface area (Å²) in [5, 5.41) is 15.5. The number of aromatic hydroxyl groups is 1. The Balaban J connectivity index is 1.56. The van der Waals surface area contributed by atoms with Crippen molar-refractivity contribution in [1.29, 1.82) is 0 Å². The molecule has 2 N–H and O–H groups in total. The van der Waals surface area contributed by atoms with Crippen LogP contribution < -0.4 is 10.2 Å². The van der Waals surface area contributed by atoms with Gasteiger partial charge in [-0.2, -0.15) is 0 Å². The smallest absolute Gasteiger partial charge is 0.194 e. The van der Waals surface area contributed by atoms with Gasteiger partial charge in [0.1, 0.15) is 5.75 Å². The van der Waals surface area contributed by atoms with Crippen LogP contribution >= 0.6 is 11.3 Å². The third kappa shape index (κ3) is 3.76. The molecule has 6 heteroatoms. The van der Waals surface area contributed by atoms with E-state index in [4.69, 9.17) is 0 Å². The van der Waals surface area contributed by atoms with E-state index in [1.165, 1.54) is 4.88 Å². The van der Waals surface area contributed by atoms with E-state index in [0.29, 0.717) is 5.75 Å². The molecule has 0 bridgehead atoms. The van der Waals surface area contributed by atoms with E-state index in [0.717, 1.165) is 44.4 Å². The van der Waals surface area contributed by atoms with Gasteiger partial charge in [0, 0.05) is 38.1 Å². The number of benzene rings is 1. The van der Waals surface area contributed by atoms with Crippen LogP contribution in [0.25, 0.3) is 0 Å². The molecule has 2 aromatic rings. The Morgan fingerprint density at radius 3 is 2.61 bits per heavy atom. The maximum atomic E-state index is 9.98. The van der Waals surface area contributed by atoms with Gasteiger partial charge in [0.15, 0.2) is 5.96 Å². The SMILES string of the molecule is CN=C(NCc1cccs1)N1CCN(c2ccccc2O)CC1. The minimum absolute atomic E-state index is 0.348. The van der Waals surface area contributed by atoms with Gasteiger partial charge in [-0.1, -0.05) is 18.2 Å². The zero-order valence-electron chi connectivity index (χ0n) is 13.3. The van der Waals surface area contributed by atoms with Crippen molar-refractivity contribution < 1.29 is 5.11 Å². The fourth-order valence-electron chi connectivity index (χ4n) is 2.80. The first-order valence-corrected chi connectivity index (χ1v) is 8.67. The molecule has 5 nitrogen and oxygen atoms in total. The van der Waals surface area contributed by atoms with Gasteiger partial charge in [0.25, 0.3) is 0 Å². The normalized spacial score (nSPS) is 15.8. The number of hydrogen-bond acceptors (Lipinski definition) is 4. The van der Waals surface area contributed by atoms with Crippen molar-refractivity contribution in [3.05, 3.63) is 46.7 Å². The molecule has 3 rings (SSSR count). The Bertz CT molecular complexity index is 648. The third-order valence-electron chi connectivity index (χ3n) is 4.01. The number of aliphatic imine (C=N–C) groups is 1. The van der Waals surface area contributed by atoms with E-state index < -0.39 is 0 Å². The van der Waals surface area contributed by atoms with E-state index in [-0.39, 0.29) is 0 Å². The summed E-state index contributed by atoms with van der Waals surface area (Å²) in [4.78, 5) is 10.2. The van der Waals surface area contributed by atoms with Crippen LogP contribution in [0.5, 0.6) is 5.75 Å². The molecule has 0 aliphatic carbocycles. The molecule has 1 aromatic carbocycles. The summed E-state index contributed by atoms with van der Waals surface area (Å²) in [6.45, 7) is 4.33. The number of para-hydroxylation sites is 2. The molecule has 1 aromatic heterocycles. The summed E-state index contributed by atoms with van der Waals surface area (Å²) in [7, 11) is 1.83. The van der Waals surface area contributed by atoms with Crippen LogP contribution in [0.3, 0.4) is 0 Å². The van der Waals surface area contributed by atoms with Gasteiger partial charge in [-0.05, 0) is 23.6 Å². The zero-order valence-corrected chi connectivity index (χ0v) is 14.1. The second-order valence-electron chi connectivity index (χ2n) is 5.44.